The molecular formula is C12H12N2O3. The average Bonchev–Trinajstić information content (AvgIpc) is 2.66. The quantitative estimate of drug-likeness (QED) is 0.815. The molecule has 2 aromatic rings. The second kappa shape index (κ2) is 3.93. The predicted molar refractivity (Wildman–Crippen MR) is 62.9 cm³/mol. The number of carbonyl (C=O) groups excluding carboxylic acids is 2. The maximum Gasteiger partial charge on any atom is 0.284 e. The summed E-state index contributed by atoms with van der Waals surface area (Å²) in [6.45, 7) is 1.71. The van der Waals surface area contributed by atoms with Crippen LogP contribution < -0.4 is 11.1 Å². The van der Waals surface area contributed by atoms with Gasteiger partial charge in [0.1, 0.15) is 5.58 Å². The maximum atomic E-state index is 11.7. The van der Waals surface area contributed by atoms with E-state index in [0.29, 0.717) is 22.1 Å². The van der Waals surface area contributed by atoms with Gasteiger partial charge in [0.2, 0.25) is 0 Å². The summed E-state index contributed by atoms with van der Waals surface area (Å²) in [6.07, 6.45) is 0. The third-order valence-electron chi connectivity index (χ3n) is 2.65. The van der Waals surface area contributed by atoms with Crippen LogP contribution >= 0.6 is 0 Å². The molecule has 1 aromatic carbocycles. The summed E-state index contributed by atoms with van der Waals surface area (Å²) in [6, 6.07) is 5.07. The summed E-state index contributed by atoms with van der Waals surface area (Å²) in [5.74, 6) is -0.770. The van der Waals surface area contributed by atoms with Gasteiger partial charge in [-0.15, -0.1) is 0 Å². The number of amides is 2. The maximum absolute atomic E-state index is 11.7. The first-order valence-corrected chi connectivity index (χ1v) is 5.10. The average molecular weight is 232 g/mol. The molecule has 0 fully saturated rings. The van der Waals surface area contributed by atoms with Crippen molar-refractivity contribution in [3.8, 4) is 0 Å². The molecule has 0 radical (unpaired) electrons. The number of nitrogens with one attached hydrogen (secondary N) is 1. The Labute approximate surface area is 97.6 Å². The molecule has 0 unspecified atom stereocenters. The molecule has 0 aliphatic rings. The van der Waals surface area contributed by atoms with Crippen LogP contribution in [0.2, 0.25) is 0 Å². The lowest BCUT2D eigenvalue weighted by molar-refractivity contribution is 0.0960. The lowest BCUT2D eigenvalue weighted by Crippen LogP contribution is -2.18. The first-order chi connectivity index (χ1) is 8.06. The molecular weight excluding hydrogens is 220 g/mol. The van der Waals surface area contributed by atoms with Crippen LogP contribution in [0, 0.1) is 6.92 Å². The third-order valence-corrected chi connectivity index (χ3v) is 2.65. The van der Waals surface area contributed by atoms with Gasteiger partial charge in [-0.05, 0) is 19.1 Å². The Hall–Kier alpha value is -2.30. The van der Waals surface area contributed by atoms with Crippen LogP contribution in [0.4, 0.5) is 0 Å². The molecule has 17 heavy (non-hydrogen) atoms. The minimum Gasteiger partial charge on any atom is -0.451 e. The summed E-state index contributed by atoms with van der Waals surface area (Å²) in [5.41, 5.74) is 6.75. The van der Waals surface area contributed by atoms with Crippen molar-refractivity contribution < 1.29 is 14.0 Å². The van der Waals surface area contributed by atoms with Crippen molar-refractivity contribution >= 4 is 22.8 Å². The molecule has 2 amide bonds. The number of hydrogen-bond acceptors (Lipinski definition) is 3. The molecule has 0 atom stereocenters. The Morgan fingerprint density at radius 3 is 2.65 bits per heavy atom. The van der Waals surface area contributed by atoms with Gasteiger partial charge in [-0.3, -0.25) is 9.59 Å². The van der Waals surface area contributed by atoms with Crippen molar-refractivity contribution in [2.75, 3.05) is 7.05 Å². The molecule has 1 heterocycles. The summed E-state index contributed by atoms with van der Waals surface area (Å²) in [4.78, 5) is 22.9. The molecule has 0 bridgehead atoms. The van der Waals surface area contributed by atoms with Crippen LogP contribution in [0.5, 0.6) is 0 Å². The fraction of sp³-hybridized carbons (Fsp3) is 0.167. The SMILES string of the molecule is CNC(=O)c1cccc2oc(C(N)=O)c(C)c12. The van der Waals surface area contributed by atoms with Crippen LogP contribution in [0.15, 0.2) is 22.6 Å². The van der Waals surface area contributed by atoms with Gasteiger partial charge in [-0.2, -0.15) is 0 Å². The number of furan rings is 1. The van der Waals surface area contributed by atoms with Crippen LogP contribution in [0.25, 0.3) is 11.0 Å². The van der Waals surface area contributed by atoms with E-state index in [0.717, 1.165) is 0 Å². The number of hydrogen-bond donors (Lipinski definition) is 2. The number of aryl methyl sites for hydroxylation is 1. The van der Waals surface area contributed by atoms with Crippen molar-refractivity contribution in [1.82, 2.24) is 5.32 Å². The molecule has 5 nitrogen and oxygen atoms in total. The second-order valence-corrected chi connectivity index (χ2v) is 3.68. The summed E-state index contributed by atoms with van der Waals surface area (Å²) in [7, 11) is 1.55. The lowest BCUT2D eigenvalue weighted by atomic mass is 10.0. The third kappa shape index (κ3) is 1.65. The monoisotopic (exact) mass is 232 g/mol. The van der Waals surface area contributed by atoms with Crippen molar-refractivity contribution in [3.05, 3.63) is 35.1 Å². The van der Waals surface area contributed by atoms with Crippen molar-refractivity contribution in [2.24, 2.45) is 5.73 Å². The highest BCUT2D eigenvalue weighted by Crippen LogP contribution is 2.28. The van der Waals surface area contributed by atoms with Crippen LogP contribution in [-0.4, -0.2) is 18.9 Å². The van der Waals surface area contributed by atoms with Gasteiger partial charge in [-0.25, -0.2) is 0 Å². The molecule has 5 heteroatoms. The normalized spacial score (nSPS) is 10.5. The van der Waals surface area contributed by atoms with E-state index in [1.807, 2.05) is 0 Å². The zero-order valence-electron chi connectivity index (χ0n) is 9.53. The Balaban J connectivity index is 2.80. The van der Waals surface area contributed by atoms with Gasteiger partial charge in [0, 0.05) is 18.0 Å². The Kier molecular flexibility index (Phi) is 2.59. The number of rotatable bonds is 2. The molecule has 2 rings (SSSR count). The van der Waals surface area contributed by atoms with Crippen LogP contribution in [-0.2, 0) is 0 Å². The molecule has 0 aliphatic heterocycles. The summed E-state index contributed by atoms with van der Waals surface area (Å²) in [5, 5.41) is 3.17. The largest absolute Gasteiger partial charge is 0.451 e. The Morgan fingerprint density at radius 1 is 1.35 bits per heavy atom. The second-order valence-electron chi connectivity index (χ2n) is 3.68. The van der Waals surface area contributed by atoms with Crippen molar-refractivity contribution in [3.63, 3.8) is 0 Å². The predicted octanol–water partition coefficient (Wildman–Crippen LogP) is 1.20. The van der Waals surface area contributed by atoms with Crippen molar-refractivity contribution in [1.29, 1.82) is 0 Å². The van der Waals surface area contributed by atoms with Gasteiger partial charge in [0.25, 0.3) is 11.8 Å². The zero-order valence-corrected chi connectivity index (χ0v) is 9.53. The molecule has 88 valence electrons. The number of fused-ring (bicyclic) bond motifs is 1. The van der Waals surface area contributed by atoms with Crippen LogP contribution in [0.1, 0.15) is 26.5 Å². The molecule has 0 saturated heterocycles. The minimum atomic E-state index is -0.637. The zero-order chi connectivity index (χ0) is 12.6. The molecule has 0 aliphatic carbocycles. The van der Waals surface area contributed by atoms with Gasteiger partial charge in [0.05, 0.1) is 5.56 Å². The van der Waals surface area contributed by atoms with Gasteiger partial charge in [0.15, 0.2) is 5.76 Å². The highest BCUT2D eigenvalue weighted by Gasteiger charge is 2.19. The van der Waals surface area contributed by atoms with E-state index < -0.39 is 5.91 Å². The number of benzene rings is 1. The van der Waals surface area contributed by atoms with Crippen molar-refractivity contribution in [2.45, 2.75) is 6.92 Å². The minimum absolute atomic E-state index is 0.0938. The van der Waals surface area contributed by atoms with E-state index in [1.54, 1.807) is 32.2 Å². The smallest absolute Gasteiger partial charge is 0.284 e. The molecule has 0 saturated carbocycles. The van der Waals surface area contributed by atoms with E-state index in [-0.39, 0.29) is 11.7 Å². The fourth-order valence-electron chi connectivity index (χ4n) is 1.86. The summed E-state index contributed by atoms with van der Waals surface area (Å²) >= 11 is 0. The van der Waals surface area contributed by atoms with Gasteiger partial charge in [-0.1, -0.05) is 6.07 Å². The lowest BCUT2D eigenvalue weighted by Gasteiger charge is -2.01. The fourth-order valence-corrected chi connectivity index (χ4v) is 1.86. The Bertz CT molecular complexity index is 613. The molecule has 3 N–H and O–H groups in total. The van der Waals surface area contributed by atoms with E-state index in [4.69, 9.17) is 10.2 Å². The van der Waals surface area contributed by atoms with E-state index in [2.05, 4.69) is 5.32 Å². The van der Waals surface area contributed by atoms with E-state index >= 15 is 0 Å². The standard InChI is InChI=1S/C12H12N2O3/c1-6-9-7(12(16)14-2)4-3-5-8(9)17-10(6)11(13)15/h3-5H,1-2H3,(H2,13,15)(H,14,16). The summed E-state index contributed by atoms with van der Waals surface area (Å²) < 4.78 is 5.34. The van der Waals surface area contributed by atoms with E-state index in [1.165, 1.54) is 0 Å². The highest BCUT2D eigenvalue weighted by molar-refractivity contribution is 6.09. The number of primary amides is 1. The van der Waals surface area contributed by atoms with E-state index in [9.17, 15) is 9.59 Å². The topological polar surface area (TPSA) is 85.3 Å². The van der Waals surface area contributed by atoms with Gasteiger partial charge < -0.3 is 15.5 Å². The highest BCUT2D eigenvalue weighted by atomic mass is 16.3. The number of nitrogens with two attached hydrogens (primary N) is 1. The molecule has 0 spiro atoms. The van der Waals surface area contributed by atoms with Gasteiger partial charge >= 0.3 is 0 Å². The molecule has 1 aromatic heterocycles. The number of carbonyl (C=O) groups is 2. The Morgan fingerprint density at radius 2 is 2.06 bits per heavy atom. The van der Waals surface area contributed by atoms with Crippen LogP contribution in [0.3, 0.4) is 0 Å². The first kappa shape index (κ1) is 11.2. The first-order valence-electron chi connectivity index (χ1n) is 5.10.